The summed E-state index contributed by atoms with van der Waals surface area (Å²) in [4.78, 5) is 52.9. The van der Waals surface area contributed by atoms with Gasteiger partial charge < -0.3 is 18.9 Å². The molecule has 4 aliphatic rings. The zero-order valence-electron chi connectivity index (χ0n) is 44.1. The van der Waals surface area contributed by atoms with Crippen LogP contribution in [0.25, 0.3) is 5.57 Å². The molecule has 4 fully saturated rings. The van der Waals surface area contributed by atoms with Crippen molar-refractivity contribution < 1.29 is 38.1 Å². The average Bonchev–Trinajstić information content (AvgIpc) is 3.72. The van der Waals surface area contributed by atoms with Crippen molar-refractivity contribution in [2.75, 3.05) is 0 Å². The molecule has 4 aromatic carbocycles. The normalized spacial score (nSPS) is 25.6. The number of halogens is 2. The molecule has 2 unspecified atom stereocenters. The van der Waals surface area contributed by atoms with E-state index in [0.29, 0.717) is 45.8 Å². The molecule has 0 amide bonds. The maximum Gasteiger partial charge on any atom is 0.342 e. The quantitative estimate of drug-likeness (QED) is 0.0717. The minimum absolute atomic E-state index is 0.0184. The summed E-state index contributed by atoms with van der Waals surface area (Å²) >= 11 is 13.9. The maximum atomic E-state index is 14.0. The zero-order chi connectivity index (χ0) is 52.0. The molecular formula is C63H76Cl2O8. The number of hydrogen-bond donors (Lipinski definition) is 0. The van der Waals surface area contributed by atoms with E-state index < -0.39 is 23.9 Å². The van der Waals surface area contributed by atoms with Gasteiger partial charge in [0.2, 0.25) is 0 Å². The van der Waals surface area contributed by atoms with Crippen molar-refractivity contribution in [3.05, 3.63) is 134 Å². The molecular weight excluding hydrogens is 956 g/mol. The summed E-state index contributed by atoms with van der Waals surface area (Å²) in [7, 11) is 0. The van der Waals surface area contributed by atoms with Crippen LogP contribution in [0.1, 0.15) is 181 Å². The van der Waals surface area contributed by atoms with Gasteiger partial charge in [0.1, 0.15) is 24.3 Å². The van der Waals surface area contributed by atoms with E-state index in [4.69, 9.17) is 42.1 Å². The van der Waals surface area contributed by atoms with Gasteiger partial charge in [-0.1, -0.05) is 144 Å². The molecule has 0 bridgehead atoms. The third kappa shape index (κ3) is 12.4. The number of carbonyl (C=O) groups is 4. The lowest BCUT2D eigenvalue weighted by atomic mass is 9.44. The van der Waals surface area contributed by atoms with Crippen LogP contribution in [0.3, 0.4) is 0 Å². The molecule has 0 aliphatic heterocycles. The van der Waals surface area contributed by atoms with E-state index in [1.807, 2.05) is 60.7 Å². The summed E-state index contributed by atoms with van der Waals surface area (Å²) in [6.07, 6.45) is 19.7. The number of esters is 4. The van der Waals surface area contributed by atoms with Crippen LogP contribution in [0.2, 0.25) is 10.0 Å². The molecule has 10 heteroatoms. The number of hydrogen-bond acceptors (Lipinski definition) is 8. The Morgan fingerprint density at radius 2 is 1.19 bits per heavy atom. The van der Waals surface area contributed by atoms with Crippen molar-refractivity contribution in [1.82, 2.24) is 0 Å². The molecule has 0 aromatic heterocycles. The molecule has 9 atom stereocenters. The molecule has 0 N–H and O–H groups in total. The first-order chi connectivity index (χ1) is 34.9. The van der Waals surface area contributed by atoms with E-state index in [1.54, 1.807) is 24.3 Å². The first-order valence-electron chi connectivity index (χ1n) is 27.1. The van der Waals surface area contributed by atoms with Crippen molar-refractivity contribution in [3.8, 4) is 11.5 Å². The Kier molecular flexibility index (Phi) is 17.7. The summed E-state index contributed by atoms with van der Waals surface area (Å²) in [5, 5.41) is 0.0368. The Morgan fingerprint density at radius 1 is 0.658 bits per heavy atom. The monoisotopic (exact) mass is 1030 g/mol. The highest BCUT2D eigenvalue weighted by atomic mass is 35.5. The van der Waals surface area contributed by atoms with Crippen LogP contribution < -0.4 is 9.47 Å². The lowest BCUT2D eigenvalue weighted by Gasteiger charge is -2.61. The van der Waals surface area contributed by atoms with Crippen molar-refractivity contribution in [2.24, 2.45) is 58.2 Å². The van der Waals surface area contributed by atoms with E-state index in [9.17, 15) is 19.2 Å². The van der Waals surface area contributed by atoms with Gasteiger partial charge in [0.25, 0.3) is 0 Å². The van der Waals surface area contributed by atoms with Gasteiger partial charge in [-0.2, -0.15) is 0 Å². The fourth-order valence-corrected chi connectivity index (χ4v) is 14.9. The molecule has 4 saturated carbocycles. The van der Waals surface area contributed by atoms with E-state index in [0.717, 1.165) is 53.1 Å². The van der Waals surface area contributed by atoms with Gasteiger partial charge in [0.05, 0.1) is 10.0 Å². The van der Waals surface area contributed by atoms with Gasteiger partial charge in [-0.25, -0.2) is 9.59 Å². The summed E-state index contributed by atoms with van der Waals surface area (Å²) in [5.74, 6) is 3.14. The lowest BCUT2D eigenvalue weighted by Crippen LogP contribution is -2.53. The van der Waals surface area contributed by atoms with Crippen LogP contribution in [0.15, 0.2) is 91.0 Å². The molecule has 0 radical (unpaired) electrons. The molecule has 4 aromatic rings. The van der Waals surface area contributed by atoms with Crippen molar-refractivity contribution >= 4 is 52.7 Å². The van der Waals surface area contributed by atoms with E-state index in [1.165, 1.54) is 90.9 Å². The largest absolute Gasteiger partial charge is 0.457 e. The zero-order valence-corrected chi connectivity index (χ0v) is 45.6. The Hall–Kier alpha value is -4.92. The number of benzene rings is 4. The summed E-state index contributed by atoms with van der Waals surface area (Å²) < 4.78 is 22.7. The lowest BCUT2D eigenvalue weighted by molar-refractivity contribution is -0.132. The molecule has 390 valence electrons. The highest BCUT2D eigenvalue weighted by Gasteiger charge is 2.60. The van der Waals surface area contributed by atoms with Crippen LogP contribution in [0.5, 0.6) is 11.5 Å². The Bertz CT molecular complexity index is 2520. The van der Waals surface area contributed by atoms with Gasteiger partial charge in [-0.15, -0.1) is 0 Å². The van der Waals surface area contributed by atoms with Gasteiger partial charge in [-0.05, 0) is 181 Å². The summed E-state index contributed by atoms with van der Waals surface area (Å²) in [6, 6.07) is 25.0. The smallest absolute Gasteiger partial charge is 0.342 e. The predicted octanol–water partition coefficient (Wildman–Crippen LogP) is 16.5. The van der Waals surface area contributed by atoms with Gasteiger partial charge in [-0.3, -0.25) is 9.59 Å². The second-order valence-electron chi connectivity index (χ2n) is 23.0. The summed E-state index contributed by atoms with van der Waals surface area (Å²) in [5.41, 5.74) is 3.94. The first kappa shape index (κ1) is 54.3. The molecule has 0 heterocycles. The van der Waals surface area contributed by atoms with Crippen LogP contribution in [-0.2, 0) is 32.3 Å². The van der Waals surface area contributed by atoms with Crippen LogP contribution in [0, 0.1) is 58.2 Å². The van der Waals surface area contributed by atoms with Gasteiger partial charge in [0.15, 0.2) is 11.5 Å². The van der Waals surface area contributed by atoms with Crippen LogP contribution >= 0.6 is 23.2 Å². The average molecular weight is 1030 g/mol. The Balaban J connectivity index is 1.07. The van der Waals surface area contributed by atoms with E-state index in [-0.39, 0.29) is 45.9 Å². The van der Waals surface area contributed by atoms with Crippen molar-refractivity contribution in [3.63, 3.8) is 0 Å². The summed E-state index contributed by atoms with van der Waals surface area (Å²) in [6.45, 7) is 15.1. The topological polar surface area (TPSA) is 105 Å². The van der Waals surface area contributed by atoms with Gasteiger partial charge in [0, 0.05) is 13.8 Å². The second kappa shape index (κ2) is 23.7. The minimum Gasteiger partial charge on any atom is -0.457 e. The number of fused-ring (bicyclic) bond motifs is 5. The second-order valence-corrected chi connectivity index (χ2v) is 23.8. The highest BCUT2D eigenvalue weighted by Crippen LogP contribution is 2.69. The highest BCUT2D eigenvalue weighted by molar-refractivity contribution is 6.33. The SMILES string of the molecule is CC(=O)Oc1c(Cl)cc(C(=CCCC2CC[C@@]3(C)C(CC[C@H]4[C@@H]5CC[C@H]([C@H](C)CCCC(C)C)[C@@]5(C)CC[C@@H]43)C2)c2cc(Cl)c(OC(C)=O)c(C(=O)OCc3ccccc3)c2)cc1C(=O)OCc1ccccc1. The molecule has 0 spiro atoms. The van der Waals surface area contributed by atoms with E-state index >= 15 is 0 Å². The third-order valence-electron chi connectivity index (χ3n) is 18.0. The van der Waals surface area contributed by atoms with Crippen LogP contribution in [0.4, 0.5) is 0 Å². The minimum atomic E-state index is -0.737. The molecule has 73 heavy (non-hydrogen) atoms. The van der Waals surface area contributed by atoms with Crippen molar-refractivity contribution in [2.45, 2.75) is 152 Å². The fraction of sp³-hybridized carbons (Fsp3) is 0.524. The number of allylic oxidation sites excluding steroid dienone is 1. The molecule has 8 nitrogen and oxygen atoms in total. The standard InChI is InChI=1S/C63H76Cl2O8/c1-39(2)16-14-17-40(3)53-26-27-54-50-25-24-48-32-43(28-30-62(48,6)55(50)29-31-63(53,54)7)22-15-23-49(46-33-51(58(56(64)35-46)72-41(4)66)60(68)70-37-44-18-10-8-11-19-44)47-34-52(59(57(65)36-47)73-42(5)67)61(69)71-38-45-20-12-9-13-21-45/h8-13,18-21,23,33-36,39-40,43,48,50,53-55H,14-17,22,24-32,37-38H2,1-7H3/t40-,43?,48?,50+,53-,54+,55+,62+,63-/m1/s1. The van der Waals surface area contributed by atoms with Gasteiger partial charge >= 0.3 is 23.9 Å². The van der Waals surface area contributed by atoms with E-state index in [2.05, 4.69) is 40.7 Å². The number of ether oxygens (including phenoxy) is 4. The predicted molar refractivity (Wildman–Crippen MR) is 290 cm³/mol. The first-order valence-corrected chi connectivity index (χ1v) is 27.9. The molecule has 0 saturated heterocycles. The molecule has 4 aliphatic carbocycles. The third-order valence-corrected chi connectivity index (χ3v) is 18.5. The molecule has 8 rings (SSSR count). The Labute approximate surface area is 444 Å². The number of carbonyl (C=O) groups excluding carboxylic acids is 4. The maximum absolute atomic E-state index is 14.0. The number of rotatable bonds is 18. The fourth-order valence-electron chi connectivity index (χ4n) is 14.4. The Morgan fingerprint density at radius 3 is 1.73 bits per heavy atom. The van der Waals surface area contributed by atoms with Crippen molar-refractivity contribution in [1.29, 1.82) is 0 Å². The van der Waals surface area contributed by atoms with Crippen LogP contribution in [-0.4, -0.2) is 23.9 Å².